The fourth-order valence-electron chi connectivity index (χ4n) is 1.65. The fourth-order valence-corrected chi connectivity index (χ4v) is 1.65. The maximum atomic E-state index is 9.65. The Hall–Kier alpha value is -1.07. The van der Waals surface area contributed by atoms with Gasteiger partial charge < -0.3 is 5.11 Å². The van der Waals surface area contributed by atoms with Crippen LogP contribution in [0.25, 0.3) is 0 Å². The highest BCUT2D eigenvalue weighted by Crippen LogP contribution is 2.32. The van der Waals surface area contributed by atoms with Crippen LogP contribution in [0.15, 0.2) is 23.3 Å². The van der Waals surface area contributed by atoms with Crippen molar-refractivity contribution in [2.45, 2.75) is 32.8 Å². The van der Waals surface area contributed by atoms with Crippen LogP contribution in [0.1, 0.15) is 26.7 Å². The predicted molar refractivity (Wildman–Crippen MR) is 51.9 cm³/mol. The molecule has 0 radical (unpaired) electrons. The molecule has 70 valence electrons. The Morgan fingerprint density at radius 3 is 2.77 bits per heavy atom. The number of nitrogens with zero attached hydrogens (tertiary/aromatic N) is 1. The minimum Gasteiger partial charge on any atom is -0.389 e. The topological polar surface area (TPSA) is 44.0 Å². The van der Waals surface area contributed by atoms with E-state index in [1.807, 2.05) is 13.8 Å². The van der Waals surface area contributed by atoms with E-state index < -0.39 is 6.10 Å². The summed E-state index contributed by atoms with van der Waals surface area (Å²) < 4.78 is 0. The first-order valence-corrected chi connectivity index (χ1v) is 4.49. The molecule has 0 bridgehead atoms. The third kappa shape index (κ3) is 1.99. The number of aliphatic hydroxyl groups is 1. The Bertz CT molecular complexity index is 296. The Labute approximate surface area is 79.2 Å². The van der Waals surface area contributed by atoms with Crippen LogP contribution in [0, 0.1) is 17.2 Å². The minimum absolute atomic E-state index is 0.272. The third-order valence-corrected chi connectivity index (χ3v) is 2.77. The highest BCUT2D eigenvalue weighted by Gasteiger charge is 2.25. The van der Waals surface area contributed by atoms with Crippen molar-refractivity contribution < 1.29 is 5.11 Å². The van der Waals surface area contributed by atoms with E-state index in [-0.39, 0.29) is 5.92 Å². The maximum absolute atomic E-state index is 9.65. The number of hydrogen-bond acceptors (Lipinski definition) is 2. The largest absolute Gasteiger partial charge is 0.389 e. The van der Waals surface area contributed by atoms with Gasteiger partial charge >= 0.3 is 0 Å². The Morgan fingerprint density at radius 2 is 2.31 bits per heavy atom. The van der Waals surface area contributed by atoms with Crippen LogP contribution < -0.4 is 0 Å². The molecular weight excluding hydrogens is 162 g/mol. The normalized spacial score (nSPS) is 28.5. The van der Waals surface area contributed by atoms with E-state index in [0.29, 0.717) is 6.42 Å². The van der Waals surface area contributed by atoms with Gasteiger partial charge in [-0.1, -0.05) is 12.2 Å². The summed E-state index contributed by atoms with van der Waals surface area (Å²) in [7, 11) is 0. The molecule has 2 atom stereocenters. The molecule has 0 aromatic heterocycles. The molecule has 0 aromatic carbocycles. The quantitative estimate of drug-likeness (QED) is 0.624. The second-order valence-corrected chi connectivity index (χ2v) is 3.77. The van der Waals surface area contributed by atoms with E-state index in [1.165, 1.54) is 0 Å². The van der Waals surface area contributed by atoms with Crippen molar-refractivity contribution in [3.8, 4) is 6.07 Å². The maximum Gasteiger partial charge on any atom is 0.0947 e. The molecule has 1 aliphatic rings. The van der Waals surface area contributed by atoms with E-state index in [2.05, 4.69) is 12.6 Å². The van der Waals surface area contributed by atoms with Crippen LogP contribution in [-0.2, 0) is 0 Å². The number of allylic oxidation sites excluding steroid dienone is 2. The zero-order valence-corrected chi connectivity index (χ0v) is 8.17. The zero-order chi connectivity index (χ0) is 10.0. The number of aliphatic hydroxyl groups excluding tert-OH is 1. The molecule has 0 aromatic rings. The highest BCUT2D eigenvalue weighted by atomic mass is 16.3. The molecule has 0 amide bonds. The van der Waals surface area contributed by atoms with Crippen LogP contribution in [0.5, 0.6) is 0 Å². The fraction of sp³-hybridized carbons (Fsp3) is 0.545. The molecule has 13 heavy (non-hydrogen) atoms. The molecule has 0 spiro atoms. The highest BCUT2D eigenvalue weighted by molar-refractivity contribution is 5.33. The summed E-state index contributed by atoms with van der Waals surface area (Å²) in [5, 5.41) is 18.5. The summed E-state index contributed by atoms with van der Waals surface area (Å²) >= 11 is 0. The monoisotopic (exact) mass is 177 g/mol. The van der Waals surface area contributed by atoms with Crippen LogP contribution in [0.4, 0.5) is 0 Å². The summed E-state index contributed by atoms with van der Waals surface area (Å²) in [5.41, 5.74) is 2.62. The van der Waals surface area contributed by atoms with Crippen molar-refractivity contribution in [3.63, 3.8) is 0 Å². The molecule has 0 aliphatic heterocycles. The van der Waals surface area contributed by atoms with E-state index in [9.17, 15) is 5.11 Å². The van der Waals surface area contributed by atoms with Gasteiger partial charge in [0.2, 0.25) is 0 Å². The van der Waals surface area contributed by atoms with Gasteiger partial charge in [0.05, 0.1) is 12.2 Å². The Morgan fingerprint density at radius 1 is 1.69 bits per heavy atom. The standard InChI is InChI=1S/C11H15NO/c1-7(2)9-4-10(6-12)8(3)11(13)5-9/h9,11,13H,1,4-5H2,2-3H3. The lowest BCUT2D eigenvalue weighted by molar-refractivity contribution is 0.172. The molecule has 2 heteroatoms. The van der Waals surface area contributed by atoms with Gasteiger partial charge in [-0.25, -0.2) is 0 Å². The summed E-state index contributed by atoms with van der Waals surface area (Å²) in [4.78, 5) is 0. The molecule has 1 N–H and O–H groups in total. The van der Waals surface area contributed by atoms with E-state index in [1.54, 1.807) is 0 Å². The number of nitriles is 1. The predicted octanol–water partition coefficient (Wildman–Crippen LogP) is 2.17. The molecule has 1 rings (SSSR count). The first kappa shape index (κ1) is 10.0. The van der Waals surface area contributed by atoms with Gasteiger partial charge in [-0.05, 0) is 38.2 Å². The van der Waals surface area contributed by atoms with Crippen molar-refractivity contribution in [2.75, 3.05) is 0 Å². The van der Waals surface area contributed by atoms with Crippen LogP contribution in [0.3, 0.4) is 0 Å². The average Bonchev–Trinajstić information content (AvgIpc) is 2.09. The number of hydrogen-bond donors (Lipinski definition) is 1. The van der Waals surface area contributed by atoms with Crippen LogP contribution in [0.2, 0.25) is 0 Å². The van der Waals surface area contributed by atoms with Crippen molar-refractivity contribution >= 4 is 0 Å². The average molecular weight is 177 g/mol. The molecule has 2 unspecified atom stereocenters. The molecule has 0 saturated heterocycles. The van der Waals surface area contributed by atoms with Crippen molar-refractivity contribution in [3.05, 3.63) is 23.3 Å². The SMILES string of the molecule is C=C(C)C1CC(C#N)=C(C)C(O)C1. The number of rotatable bonds is 1. The van der Waals surface area contributed by atoms with Crippen LogP contribution in [-0.4, -0.2) is 11.2 Å². The summed E-state index contributed by atoms with van der Waals surface area (Å²) in [6, 6.07) is 2.15. The van der Waals surface area contributed by atoms with Gasteiger partial charge in [-0.3, -0.25) is 0 Å². The Kier molecular flexibility index (Phi) is 2.90. The van der Waals surface area contributed by atoms with Gasteiger partial charge in [-0.2, -0.15) is 5.26 Å². The van der Waals surface area contributed by atoms with Crippen molar-refractivity contribution in [1.29, 1.82) is 5.26 Å². The van der Waals surface area contributed by atoms with Gasteiger partial charge in [0.25, 0.3) is 0 Å². The third-order valence-electron chi connectivity index (χ3n) is 2.77. The van der Waals surface area contributed by atoms with Gasteiger partial charge in [-0.15, -0.1) is 0 Å². The van der Waals surface area contributed by atoms with Crippen molar-refractivity contribution in [2.24, 2.45) is 5.92 Å². The van der Waals surface area contributed by atoms with E-state index >= 15 is 0 Å². The zero-order valence-electron chi connectivity index (χ0n) is 8.17. The summed E-state index contributed by atoms with van der Waals surface area (Å²) in [6.45, 7) is 7.65. The second kappa shape index (κ2) is 3.76. The van der Waals surface area contributed by atoms with Crippen molar-refractivity contribution in [1.82, 2.24) is 0 Å². The molecular formula is C11H15NO. The lowest BCUT2D eigenvalue weighted by Gasteiger charge is -2.27. The van der Waals surface area contributed by atoms with E-state index in [0.717, 1.165) is 23.1 Å². The van der Waals surface area contributed by atoms with Gasteiger partial charge in [0.1, 0.15) is 0 Å². The molecule has 1 aliphatic carbocycles. The first-order chi connectivity index (χ1) is 6.06. The summed E-state index contributed by atoms with van der Waals surface area (Å²) in [6.07, 6.45) is 1.01. The molecule has 2 nitrogen and oxygen atoms in total. The second-order valence-electron chi connectivity index (χ2n) is 3.77. The van der Waals surface area contributed by atoms with E-state index in [4.69, 9.17) is 5.26 Å². The smallest absolute Gasteiger partial charge is 0.0947 e. The first-order valence-electron chi connectivity index (χ1n) is 4.49. The Balaban J connectivity index is 2.90. The lowest BCUT2D eigenvalue weighted by atomic mass is 9.80. The molecule has 0 heterocycles. The molecule has 0 saturated carbocycles. The summed E-state index contributed by atoms with van der Waals surface area (Å²) in [5.74, 6) is 0.272. The van der Waals surface area contributed by atoms with Gasteiger partial charge in [0.15, 0.2) is 0 Å². The van der Waals surface area contributed by atoms with Crippen LogP contribution >= 0.6 is 0 Å². The van der Waals surface area contributed by atoms with Gasteiger partial charge in [0, 0.05) is 5.57 Å². The molecule has 0 fully saturated rings. The lowest BCUT2D eigenvalue weighted by Crippen LogP contribution is -2.22. The minimum atomic E-state index is -0.454.